The van der Waals surface area contributed by atoms with Crippen LogP contribution in [-0.4, -0.2) is 50.9 Å². The van der Waals surface area contributed by atoms with Crippen LogP contribution in [0.25, 0.3) is 0 Å². The zero-order chi connectivity index (χ0) is 31.0. The summed E-state index contributed by atoms with van der Waals surface area (Å²) < 4.78 is 34.2. The highest BCUT2D eigenvalue weighted by Gasteiger charge is 2.34. The molecular formula is C31H37Cl2N3O5S. The molecule has 226 valence electrons. The number of nitrogens with one attached hydrogen (secondary N) is 1. The van der Waals surface area contributed by atoms with Gasteiger partial charge >= 0.3 is 0 Å². The Morgan fingerprint density at radius 2 is 1.57 bits per heavy atom. The summed E-state index contributed by atoms with van der Waals surface area (Å²) in [4.78, 5) is 28.9. The van der Waals surface area contributed by atoms with E-state index in [-0.39, 0.29) is 23.4 Å². The second-order valence-electron chi connectivity index (χ2n) is 10.0. The monoisotopic (exact) mass is 633 g/mol. The van der Waals surface area contributed by atoms with Crippen LogP contribution in [0, 0.1) is 6.92 Å². The van der Waals surface area contributed by atoms with E-state index < -0.39 is 28.5 Å². The van der Waals surface area contributed by atoms with Crippen molar-refractivity contribution in [3.63, 3.8) is 0 Å². The number of methoxy groups -OCH3 is 1. The van der Waals surface area contributed by atoms with Gasteiger partial charge in [0.15, 0.2) is 0 Å². The summed E-state index contributed by atoms with van der Waals surface area (Å²) in [6.07, 6.45) is 1.02. The summed E-state index contributed by atoms with van der Waals surface area (Å²) in [7, 11) is -2.70. The minimum Gasteiger partial charge on any atom is -0.497 e. The van der Waals surface area contributed by atoms with Gasteiger partial charge in [-0.05, 0) is 80.8 Å². The van der Waals surface area contributed by atoms with Crippen molar-refractivity contribution in [1.29, 1.82) is 0 Å². The predicted molar refractivity (Wildman–Crippen MR) is 168 cm³/mol. The lowest BCUT2D eigenvalue weighted by molar-refractivity contribution is -0.140. The zero-order valence-electron chi connectivity index (χ0n) is 24.4. The number of benzene rings is 3. The van der Waals surface area contributed by atoms with Crippen LogP contribution in [0.2, 0.25) is 10.0 Å². The lowest BCUT2D eigenvalue weighted by Gasteiger charge is -2.33. The fourth-order valence-electron chi connectivity index (χ4n) is 4.31. The molecule has 0 unspecified atom stereocenters. The summed E-state index contributed by atoms with van der Waals surface area (Å²) in [5.41, 5.74) is 1.89. The number of amides is 2. The molecule has 3 aromatic carbocycles. The molecule has 8 nitrogen and oxygen atoms in total. The van der Waals surface area contributed by atoms with Gasteiger partial charge in [0.05, 0.1) is 27.7 Å². The Kier molecular flexibility index (Phi) is 11.7. The van der Waals surface area contributed by atoms with Crippen molar-refractivity contribution in [2.75, 3.05) is 18.0 Å². The van der Waals surface area contributed by atoms with Gasteiger partial charge in [-0.2, -0.15) is 0 Å². The van der Waals surface area contributed by atoms with E-state index in [2.05, 4.69) is 5.32 Å². The maximum absolute atomic E-state index is 14.1. The zero-order valence-corrected chi connectivity index (χ0v) is 26.8. The van der Waals surface area contributed by atoms with E-state index in [1.54, 1.807) is 54.6 Å². The summed E-state index contributed by atoms with van der Waals surface area (Å²) in [5.74, 6) is -0.372. The Morgan fingerprint density at radius 3 is 2.12 bits per heavy atom. The van der Waals surface area contributed by atoms with Gasteiger partial charge in [-0.1, -0.05) is 60.8 Å². The van der Waals surface area contributed by atoms with Crippen LogP contribution in [0.1, 0.15) is 44.7 Å². The van der Waals surface area contributed by atoms with Crippen LogP contribution in [0.3, 0.4) is 0 Å². The number of hydrogen-bond donors (Lipinski definition) is 1. The highest BCUT2D eigenvalue weighted by molar-refractivity contribution is 7.92. The summed E-state index contributed by atoms with van der Waals surface area (Å²) in [6, 6.07) is 16.8. The molecule has 0 saturated carbocycles. The number of carbonyl (C=O) groups is 2. The Morgan fingerprint density at radius 1 is 0.929 bits per heavy atom. The number of rotatable bonds is 13. The van der Waals surface area contributed by atoms with Gasteiger partial charge < -0.3 is 15.0 Å². The highest BCUT2D eigenvalue weighted by atomic mass is 35.5. The van der Waals surface area contributed by atoms with Crippen LogP contribution >= 0.6 is 23.2 Å². The van der Waals surface area contributed by atoms with Gasteiger partial charge in [-0.25, -0.2) is 8.42 Å². The Bertz CT molecular complexity index is 1480. The number of nitrogens with zero attached hydrogens (tertiary/aromatic N) is 2. The van der Waals surface area contributed by atoms with Crippen LogP contribution in [0.4, 0.5) is 5.69 Å². The smallest absolute Gasteiger partial charge is 0.264 e. The van der Waals surface area contributed by atoms with E-state index >= 15 is 0 Å². The number of sulfonamides is 1. The third-order valence-corrected chi connectivity index (χ3v) is 9.50. The minimum absolute atomic E-state index is 0.00531. The lowest BCUT2D eigenvalue weighted by Crippen LogP contribution is -2.53. The first-order valence-electron chi connectivity index (χ1n) is 13.7. The van der Waals surface area contributed by atoms with Crippen molar-refractivity contribution in [2.45, 2.75) is 64.1 Å². The molecule has 0 radical (unpaired) electrons. The molecule has 2 atom stereocenters. The maximum Gasteiger partial charge on any atom is 0.264 e. The van der Waals surface area contributed by atoms with Crippen LogP contribution in [0.15, 0.2) is 71.6 Å². The average molecular weight is 635 g/mol. The van der Waals surface area contributed by atoms with E-state index in [1.165, 1.54) is 24.1 Å². The van der Waals surface area contributed by atoms with Gasteiger partial charge in [0.1, 0.15) is 18.3 Å². The molecule has 0 spiro atoms. The van der Waals surface area contributed by atoms with Crippen LogP contribution < -0.4 is 14.4 Å². The van der Waals surface area contributed by atoms with Gasteiger partial charge in [0, 0.05) is 12.6 Å². The molecule has 0 heterocycles. The third-order valence-electron chi connectivity index (χ3n) is 6.97. The van der Waals surface area contributed by atoms with Crippen molar-refractivity contribution in [2.24, 2.45) is 0 Å². The fraction of sp³-hybridized carbons (Fsp3) is 0.355. The summed E-state index contributed by atoms with van der Waals surface area (Å²) in [5, 5.41) is 3.62. The number of carbonyl (C=O) groups excluding carboxylic acids is 2. The Labute approximate surface area is 258 Å². The molecule has 0 aliphatic carbocycles. The molecule has 0 aliphatic heterocycles. The van der Waals surface area contributed by atoms with Crippen molar-refractivity contribution in [3.05, 3.63) is 87.9 Å². The molecule has 0 saturated heterocycles. The highest BCUT2D eigenvalue weighted by Crippen LogP contribution is 2.28. The Balaban J connectivity index is 2.07. The lowest BCUT2D eigenvalue weighted by atomic mass is 10.1. The number of aryl methyl sites for hydroxylation is 1. The first-order valence-corrected chi connectivity index (χ1v) is 15.9. The standard InChI is InChI=1S/C31H37Cl2N3O5S/c1-6-22(4)34-31(38)29(7-2)35(19-23-10-17-27(32)28(33)18-23)30(37)20-36(24-11-8-21(3)9-12-24)42(39,40)26-15-13-25(41-5)14-16-26/h8-18,22,29H,6-7,19-20H2,1-5H3,(H,34,38)/t22-,29-/m0/s1. The van der Waals surface area contributed by atoms with E-state index in [0.29, 0.717) is 39.9 Å². The molecule has 42 heavy (non-hydrogen) atoms. The van der Waals surface area contributed by atoms with Gasteiger partial charge in [-0.3, -0.25) is 13.9 Å². The number of halogens is 2. The molecule has 0 aliphatic rings. The number of anilines is 1. The van der Waals surface area contributed by atoms with Crippen LogP contribution in [0.5, 0.6) is 5.75 Å². The number of hydrogen-bond acceptors (Lipinski definition) is 5. The largest absolute Gasteiger partial charge is 0.497 e. The first kappa shape index (κ1) is 33.2. The third kappa shape index (κ3) is 8.18. The maximum atomic E-state index is 14.1. The molecule has 11 heteroatoms. The summed E-state index contributed by atoms with van der Waals surface area (Å²) in [6.45, 7) is 7.02. The van der Waals surface area contributed by atoms with E-state index in [0.717, 1.165) is 9.87 Å². The van der Waals surface area contributed by atoms with Gasteiger partial charge in [0.25, 0.3) is 10.0 Å². The second-order valence-corrected chi connectivity index (χ2v) is 12.7. The van der Waals surface area contributed by atoms with Crippen molar-refractivity contribution in [1.82, 2.24) is 10.2 Å². The molecular weight excluding hydrogens is 597 g/mol. The predicted octanol–water partition coefficient (Wildman–Crippen LogP) is 6.23. The van der Waals surface area contributed by atoms with E-state index in [4.69, 9.17) is 27.9 Å². The topological polar surface area (TPSA) is 96.0 Å². The van der Waals surface area contributed by atoms with Crippen LogP contribution in [-0.2, 0) is 26.2 Å². The molecule has 2 amide bonds. The SMILES string of the molecule is CC[C@H](C)NC(=O)[C@H](CC)N(Cc1ccc(Cl)c(Cl)c1)C(=O)CN(c1ccc(C)cc1)S(=O)(=O)c1ccc(OC)cc1. The van der Waals surface area contributed by atoms with Gasteiger partial charge in [0.2, 0.25) is 11.8 Å². The van der Waals surface area contributed by atoms with Crippen molar-refractivity contribution >= 4 is 50.7 Å². The first-order chi connectivity index (χ1) is 19.9. The Hall–Kier alpha value is -3.27. The van der Waals surface area contributed by atoms with Crippen molar-refractivity contribution in [3.8, 4) is 5.75 Å². The normalized spacial score (nSPS) is 12.7. The molecule has 0 fully saturated rings. The molecule has 1 N–H and O–H groups in total. The average Bonchev–Trinajstić information content (AvgIpc) is 2.97. The van der Waals surface area contributed by atoms with Gasteiger partial charge in [-0.15, -0.1) is 0 Å². The number of ether oxygens (including phenoxy) is 1. The molecule has 3 aromatic rings. The fourth-order valence-corrected chi connectivity index (χ4v) is 6.04. The van der Waals surface area contributed by atoms with E-state index in [9.17, 15) is 18.0 Å². The quantitative estimate of drug-likeness (QED) is 0.241. The van der Waals surface area contributed by atoms with Crippen molar-refractivity contribution < 1.29 is 22.7 Å². The minimum atomic E-state index is -4.19. The molecule has 0 aromatic heterocycles. The van der Waals surface area contributed by atoms with E-state index in [1.807, 2.05) is 27.7 Å². The second kappa shape index (κ2) is 14.8. The molecule has 3 rings (SSSR count). The summed E-state index contributed by atoms with van der Waals surface area (Å²) >= 11 is 12.4. The molecule has 0 bridgehead atoms.